The molecule has 4 heteroatoms. The molecule has 0 saturated carbocycles. The second kappa shape index (κ2) is 5.44. The molecule has 0 aromatic carbocycles. The number of nitrogens with one attached hydrogen (secondary N) is 1. The highest BCUT2D eigenvalue weighted by molar-refractivity contribution is 7.09. The summed E-state index contributed by atoms with van der Waals surface area (Å²) in [4.78, 5) is 4.20. The van der Waals surface area contributed by atoms with E-state index in [0.717, 1.165) is 24.4 Å². The summed E-state index contributed by atoms with van der Waals surface area (Å²) in [5, 5.41) is 15.7. The Balaban J connectivity index is 2.48. The topological polar surface area (TPSA) is 45.1 Å². The molecule has 1 aromatic heterocycles. The molecule has 2 N–H and O–H groups in total. The van der Waals surface area contributed by atoms with Crippen LogP contribution in [0.15, 0.2) is 11.6 Å². The third-order valence-electron chi connectivity index (χ3n) is 2.75. The Morgan fingerprint density at radius 1 is 1.50 bits per heavy atom. The lowest BCUT2D eigenvalue weighted by Crippen LogP contribution is -2.47. The summed E-state index contributed by atoms with van der Waals surface area (Å²) in [6.45, 7) is 5.12. The van der Waals surface area contributed by atoms with Crippen molar-refractivity contribution in [3.63, 3.8) is 0 Å². The minimum atomic E-state index is -0.133. The molecule has 14 heavy (non-hydrogen) atoms. The van der Waals surface area contributed by atoms with Crippen molar-refractivity contribution < 1.29 is 5.11 Å². The molecule has 0 unspecified atom stereocenters. The van der Waals surface area contributed by atoms with Crippen molar-refractivity contribution in [1.29, 1.82) is 0 Å². The van der Waals surface area contributed by atoms with Crippen LogP contribution in [0, 0.1) is 0 Å². The van der Waals surface area contributed by atoms with Crippen molar-refractivity contribution in [1.82, 2.24) is 10.3 Å². The molecule has 1 aromatic rings. The van der Waals surface area contributed by atoms with E-state index in [1.165, 1.54) is 0 Å². The Morgan fingerprint density at radius 2 is 2.21 bits per heavy atom. The third-order valence-corrected chi connectivity index (χ3v) is 3.53. The molecule has 0 aliphatic rings. The van der Waals surface area contributed by atoms with E-state index in [1.54, 1.807) is 17.5 Å². The van der Waals surface area contributed by atoms with Gasteiger partial charge in [-0.3, -0.25) is 0 Å². The maximum atomic E-state index is 9.33. The maximum Gasteiger partial charge on any atom is 0.106 e. The van der Waals surface area contributed by atoms with Crippen molar-refractivity contribution in [2.45, 2.75) is 38.8 Å². The number of hydrogen-bond donors (Lipinski definition) is 2. The summed E-state index contributed by atoms with van der Waals surface area (Å²) in [7, 11) is 0. The average Bonchev–Trinajstić information content (AvgIpc) is 2.74. The summed E-state index contributed by atoms with van der Waals surface area (Å²) in [6, 6.07) is 0. The van der Waals surface area contributed by atoms with Crippen LogP contribution < -0.4 is 5.32 Å². The van der Waals surface area contributed by atoms with Crippen LogP contribution in [-0.2, 0) is 6.54 Å². The average molecular weight is 214 g/mol. The lowest BCUT2D eigenvalue weighted by Gasteiger charge is -2.30. The van der Waals surface area contributed by atoms with E-state index < -0.39 is 0 Å². The van der Waals surface area contributed by atoms with Gasteiger partial charge in [0.05, 0.1) is 6.61 Å². The molecule has 0 saturated heterocycles. The molecule has 0 amide bonds. The van der Waals surface area contributed by atoms with Gasteiger partial charge in [-0.2, -0.15) is 0 Å². The summed E-state index contributed by atoms with van der Waals surface area (Å²) in [5.41, 5.74) is -0.133. The van der Waals surface area contributed by atoms with Gasteiger partial charge in [0, 0.05) is 23.7 Å². The van der Waals surface area contributed by atoms with Gasteiger partial charge in [0.2, 0.25) is 0 Å². The first-order chi connectivity index (χ1) is 6.76. The van der Waals surface area contributed by atoms with Gasteiger partial charge in [0.1, 0.15) is 5.01 Å². The molecule has 80 valence electrons. The van der Waals surface area contributed by atoms with Crippen molar-refractivity contribution in [3.05, 3.63) is 16.6 Å². The zero-order valence-corrected chi connectivity index (χ0v) is 9.60. The maximum absolute atomic E-state index is 9.33. The predicted octanol–water partition coefficient (Wildman–Crippen LogP) is 1.78. The molecule has 1 heterocycles. The van der Waals surface area contributed by atoms with E-state index in [0.29, 0.717) is 0 Å². The van der Waals surface area contributed by atoms with E-state index in [9.17, 15) is 5.11 Å². The first kappa shape index (κ1) is 11.6. The summed E-state index contributed by atoms with van der Waals surface area (Å²) in [6.07, 6.45) is 3.68. The molecule has 0 aliphatic carbocycles. The number of nitrogens with zero attached hydrogens (tertiary/aromatic N) is 1. The van der Waals surface area contributed by atoms with Crippen molar-refractivity contribution in [3.8, 4) is 0 Å². The van der Waals surface area contributed by atoms with Crippen LogP contribution in [-0.4, -0.2) is 22.2 Å². The first-order valence-corrected chi connectivity index (χ1v) is 5.88. The Labute approximate surface area is 89.2 Å². The van der Waals surface area contributed by atoms with E-state index in [-0.39, 0.29) is 12.1 Å². The lowest BCUT2D eigenvalue weighted by molar-refractivity contribution is 0.149. The molecule has 0 fully saturated rings. The number of aliphatic hydroxyl groups excluding tert-OH is 1. The Hall–Kier alpha value is -0.450. The fourth-order valence-corrected chi connectivity index (χ4v) is 1.94. The van der Waals surface area contributed by atoms with E-state index in [4.69, 9.17) is 0 Å². The number of rotatable bonds is 6. The highest BCUT2D eigenvalue weighted by Crippen LogP contribution is 2.15. The van der Waals surface area contributed by atoms with E-state index in [1.807, 2.05) is 5.38 Å². The molecule has 0 aliphatic heterocycles. The van der Waals surface area contributed by atoms with Gasteiger partial charge in [-0.05, 0) is 12.8 Å². The van der Waals surface area contributed by atoms with Gasteiger partial charge in [0.25, 0.3) is 0 Å². The molecule has 3 nitrogen and oxygen atoms in total. The number of thiazole rings is 1. The Kier molecular flexibility index (Phi) is 4.51. The monoisotopic (exact) mass is 214 g/mol. The molecule has 0 atom stereocenters. The first-order valence-electron chi connectivity index (χ1n) is 5.00. The summed E-state index contributed by atoms with van der Waals surface area (Å²) in [5.74, 6) is 0. The minimum absolute atomic E-state index is 0.133. The second-order valence-corrected chi connectivity index (χ2v) is 4.40. The van der Waals surface area contributed by atoms with Crippen molar-refractivity contribution in [2.24, 2.45) is 0 Å². The minimum Gasteiger partial charge on any atom is -0.394 e. The standard InChI is InChI=1S/C10H18N2OS/c1-3-10(4-2,8-13)12-7-9-11-5-6-14-9/h5-6,12-13H,3-4,7-8H2,1-2H3. The van der Waals surface area contributed by atoms with Gasteiger partial charge in [-0.1, -0.05) is 13.8 Å². The lowest BCUT2D eigenvalue weighted by atomic mass is 9.94. The van der Waals surface area contributed by atoms with E-state index >= 15 is 0 Å². The van der Waals surface area contributed by atoms with Crippen LogP contribution in [0.2, 0.25) is 0 Å². The van der Waals surface area contributed by atoms with Crippen molar-refractivity contribution in [2.75, 3.05) is 6.61 Å². The molecule has 0 radical (unpaired) electrons. The van der Waals surface area contributed by atoms with Crippen LogP contribution in [0.1, 0.15) is 31.7 Å². The third kappa shape index (κ3) is 2.77. The zero-order valence-electron chi connectivity index (χ0n) is 8.79. The van der Waals surface area contributed by atoms with Crippen LogP contribution in [0.3, 0.4) is 0 Å². The number of hydrogen-bond acceptors (Lipinski definition) is 4. The Morgan fingerprint density at radius 3 is 2.64 bits per heavy atom. The Bertz CT molecular complexity index is 236. The fourth-order valence-electron chi connectivity index (χ4n) is 1.38. The van der Waals surface area contributed by atoms with Crippen LogP contribution in [0.5, 0.6) is 0 Å². The highest BCUT2D eigenvalue weighted by atomic mass is 32.1. The zero-order chi connectivity index (χ0) is 10.4. The van der Waals surface area contributed by atoms with Gasteiger partial charge in [-0.25, -0.2) is 4.98 Å². The smallest absolute Gasteiger partial charge is 0.106 e. The summed E-state index contributed by atoms with van der Waals surface area (Å²) < 4.78 is 0. The van der Waals surface area contributed by atoms with Crippen molar-refractivity contribution >= 4 is 11.3 Å². The highest BCUT2D eigenvalue weighted by Gasteiger charge is 2.24. The quantitative estimate of drug-likeness (QED) is 0.759. The fraction of sp³-hybridized carbons (Fsp3) is 0.700. The molecular formula is C10H18N2OS. The molecule has 0 bridgehead atoms. The molecule has 1 rings (SSSR count). The van der Waals surface area contributed by atoms with Crippen LogP contribution in [0.4, 0.5) is 0 Å². The number of aromatic nitrogens is 1. The van der Waals surface area contributed by atoms with Crippen LogP contribution in [0.25, 0.3) is 0 Å². The molecular weight excluding hydrogens is 196 g/mol. The van der Waals surface area contributed by atoms with Gasteiger partial charge in [0.15, 0.2) is 0 Å². The molecule has 0 spiro atoms. The van der Waals surface area contributed by atoms with Gasteiger partial charge >= 0.3 is 0 Å². The largest absolute Gasteiger partial charge is 0.394 e. The van der Waals surface area contributed by atoms with Gasteiger partial charge < -0.3 is 10.4 Å². The second-order valence-electron chi connectivity index (χ2n) is 3.42. The normalized spacial score (nSPS) is 11.9. The number of aliphatic hydroxyl groups is 1. The van der Waals surface area contributed by atoms with Gasteiger partial charge in [-0.15, -0.1) is 11.3 Å². The van der Waals surface area contributed by atoms with E-state index in [2.05, 4.69) is 24.1 Å². The SMILES string of the molecule is CCC(CC)(CO)NCc1nccs1. The van der Waals surface area contributed by atoms with Crippen LogP contribution >= 0.6 is 11.3 Å². The summed E-state index contributed by atoms with van der Waals surface area (Å²) >= 11 is 1.64. The predicted molar refractivity (Wildman–Crippen MR) is 59.4 cm³/mol.